The van der Waals surface area contributed by atoms with Gasteiger partial charge in [-0.2, -0.15) is 5.10 Å². The molecule has 0 atom stereocenters. The van der Waals surface area contributed by atoms with E-state index in [2.05, 4.69) is 25.0 Å². The van der Waals surface area contributed by atoms with Gasteiger partial charge in [0.25, 0.3) is 5.91 Å². The van der Waals surface area contributed by atoms with Crippen LogP contribution in [0.15, 0.2) is 6.07 Å². The van der Waals surface area contributed by atoms with Crippen molar-refractivity contribution in [3.05, 3.63) is 29.1 Å². The lowest BCUT2D eigenvalue weighted by Gasteiger charge is -2.15. The van der Waals surface area contributed by atoms with Gasteiger partial charge in [0.2, 0.25) is 0 Å². The molecule has 7 heteroatoms. The highest BCUT2D eigenvalue weighted by Gasteiger charge is 2.27. The fourth-order valence-corrected chi connectivity index (χ4v) is 2.86. The number of carbonyl (C=O) groups is 1. The summed E-state index contributed by atoms with van der Waals surface area (Å²) in [6.07, 6.45) is 4.48. The third-order valence-electron chi connectivity index (χ3n) is 4.25. The minimum Gasteiger partial charge on any atom is -0.333 e. The smallest absolute Gasteiger partial charge is 0.274 e. The molecule has 110 valence electrons. The Balaban J connectivity index is 1.48. The fourth-order valence-electron chi connectivity index (χ4n) is 2.86. The van der Waals surface area contributed by atoms with Gasteiger partial charge in [-0.3, -0.25) is 9.89 Å². The number of nitrogens with one attached hydrogen (secondary N) is 1. The van der Waals surface area contributed by atoms with Crippen molar-refractivity contribution >= 4 is 5.91 Å². The third kappa shape index (κ3) is 2.22. The minimum atomic E-state index is -0.0755. The zero-order valence-electron chi connectivity index (χ0n) is 12.0. The van der Waals surface area contributed by atoms with Crippen LogP contribution in [0.25, 0.3) is 0 Å². The molecule has 0 bridgehead atoms. The Bertz CT molecular complexity index is 683. The predicted octanol–water partition coefficient (Wildman–Crippen LogP) is 1.10. The van der Waals surface area contributed by atoms with Crippen molar-refractivity contribution in [2.24, 2.45) is 0 Å². The van der Waals surface area contributed by atoms with E-state index < -0.39 is 0 Å². The molecule has 0 unspecified atom stereocenters. The van der Waals surface area contributed by atoms with Gasteiger partial charge in [0.15, 0.2) is 5.82 Å². The van der Waals surface area contributed by atoms with E-state index in [1.54, 1.807) is 11.9 Å². The Morgan fingerprint density at radius 1 is 1.48 bits per heavy atom. The first-order valence-corrected chi connectivity index (χ1v) is 7.44. The fraction of sp³-hybridized carbons (Fsp3) is 0.571. The van der Waals surface area contributed by atoms with Gasteiger partial charge >= 0.3 is 0 Å². The molecule has 0 radical (unpaired) electrons. The summed E-state index contributed by atoms with van der Waals surface area (Å²) in [6, 6.07) is 1.88. The monoisotopic (exact) mass is 286 g/mol. The number of amides is 1. The maximum absolute atomic E-state index is 12.4. The summed E-state index contributed by atoms with van der Waals surface area (Å²) < 4.78 is 2.12. The molecule has 0 spiro atoms. The van der Waals surface area contributed by atoms with Crippen molar-refractivity contribution in [1.82, 2.24) is 29.9 Å². The number of H-pyrrole nitrogens is 1. The number of carbonyl (C=O) groups excluding carboxylic acids is 1. The Morgan fingerprint density at radius 3 is 3.14 bits per heavy atom. The number of aryl methyl sites for hydroxylation is 1. The van der Waals surface area contributed by atoms with Crippen LogP contribution >= 0.6 is 0 Å². The molecule has 0 aromatic carbocycles. The molecular weight excluding hydrogens is 268 g/mol. The van der Waals surface area contributed by atoms with Crippen LogP contribution in [0.5, 0.6) is 0 Å². The average Bonchev–Trinajstić information content (AvgIpc) is 2.92. The first kappa shape index (κ1) is 12.6. The standard InChI is InChI=1S/C14H18N6O/c1-19(8-13-18-17-12-3-2-6-20(12)13)14(21)11-7-10(15-16-11)9-4-5-9/h7,9H,2-6,8H2,1H3,(H,15,16). The van der Waals surface area contributed by atoms with Crippen LogP contribution in [0.4, 0.5) is 0 Å². The van der Waals surface area contributed by atoms with E-state index in [0.29, 0.717) is 18.2 Å². The molecule has 3 heterocycles. The van der Waals surface area contributed by atoms with E-state index in [-0.39, 0.29) is 5.91 Å². The molecule has 21 heavy (non-hydrogen) atoms. The lowest BCUT2D eigenvalue weighted by molar-refractivity contribution is 0.0774. The third-order valence-corrected chi connectivity index (χ3v) is 4.25. The van der Waals surface area contributed by atoms with Crippen LogP contribution < -0.4 is 0 Å². The van der Waals surface area contributed by atoms with Crippen molar-refractivity contribution in [3.8, 4) is 0 Å². The lowest BCUT2D eigenvalue weighted by atomic mass is 10.2. The van der Waals surface area contributed by atoms with E-state index in [4.69, 9.17) is 0 Å². The number of aromatic nitrogens is 5. The van der Waals surface area contributed by atoms with Crippen LogP contribution in [-0.4, -0.2) is 42.8 Å². The summed E-state index contributed by atoms with van der Waals surface area (Å²) in [4.78, 5) is 14.1. The molecule has 7 nitrogen and oxygen atoms in total. The number of nitrogens with zero attached hydrogens (tertiary/aromatic N) is 5. The second-order valence-corrected chi connectivity index (χ2v) is 5.93. The van der Waals surface area contributed by atoms with Gasteiger partial charge in [0.05, 0.1) is 6.54 Å². The minimum absolute atomic E-state index is 0.0755. The molecule has 1 N–H and O–H groups in total. The van der Waals surface area contributed by atoms with Gasteiger partial charge in [-0.25, -0.2) is 0 Å². The van der Waals surface area contributed by atoms with Crippen molar-refractivity contribution in [2.75, 3.05) is 7.05 Å². The van der Waals surface area contributed by atoms with Gasteiger partial charge in [-0.05, 0) is 25.3 Å². The number of hydrogen-bond acceptors (Lipinski definition) is 4. The van der Waals surface area contributed by atoms with Crippen LogP contribution in [0.1, 0.15) is 53.0 Å². The lowest BCUT2D eigenvalue weighted by Crippen LogP contribution is -2.28. The summed E-state index contributed by atoms with van der Waals surface area (Å²) in [7, 11) is 1.78. The molecule has 0 saturated heterocycles. The molecular formula is C14H18N6O. The highest BCUT2D eigenvalue weighted by atomic mass is 16.2. The summed E-state index contributed by atoms with van der Waals surface area (Å²) in [5, 5.41) is 15.5. The molecule has 1 fully saturated rings. The van der Waals surface area contributed by atoms with E-state index in [1.807, 2.05) is 6.07 Å². The Kier molecular flexibility index (Phi) is 2.80. The normalized spacial score (nSPS) is 17.0. The highest BCUT2D eigenvalue weighted by Crippen LogP contribution is 2.39. The van der Waals surface area contributed by atoms with Crippen LogP contribution in [0.2, 0.25) is 0 Å². The molecule has 2 aromatic heterocycles. The largest absolute Gasteiger partial charge is 0.333 e. The predicted molar refractivity (Wildman–Crippen MR) is 74.7 cm³/mol. The first-order valence-electron chi connectivity index (χ1n) is 7.44. The number of hydrogen-bond donors (Lipinski definition) is 1. The van der Waals surface area contributed by atoms with Gasteiger partial charge in [0, 0.05) is 31.6 Å². The van der Waals surface area contributed by atoms with Gasteiger partial charge in [-0.1, -0.05) is 0 Å². The average molecular weight is 286 g/mol. The topological polar surface area (TPSA) is 79.7 Å². The maximum atomic E-state index is 12.4. The summed E-state index contributed by atoms with van der Waals surface area (Å²) in [5.74, 6) is 2.38. The van der Waals surface area contributed by atoms with Crippen molar-refractivity contribution in [3.63, 3.8) is 0 Å². The van der Waals surface area contributed by atoms with Crippen LogP contribution in [0, 0.1) is 0 Å². The quantitative estimate of drug-likeness (QED) is 0.912. The second kappa shape index (κ2) is 4.68. The van der Waals surface area contributed by atoms with Gasteiger partial charge in [-0.15, -0.1) is 10.2 Å². The molecule has 2 aliphatic rings. The summed E-state index contributed by atoms with van der Waals surface area (Å²) in [6.45, 7) is 1.42. The van der Waals surface area contributed by atoms with E-state index in [0.717, 1.165) is 36.7 Å². The Labute approximate surface area is 122 Å². The molecule has 2 aromatic rings. The summed E-state index contributed by atoms with van der Waals surface area (Å²) >= 11 is 0. The zero-order chi connectivity index (χ0) is 14.4. The molecule has 1 aliphatic heterocycles. The SMILES string of the molecule is CN(Cc1nnc2n1CCC2)C(=O)c1cc(C2CC2)[nH]n1. The first-order chi connectivity index (χ1) is 10.2. The van der Waals surface area contributed by atoms with E-state index in [9.17, 15) is 4.79 Å². The van der Waals surface area contributed by atoms with Crippen molar-refractivity contribution < 1.29 is 4.79 Å². The van der Waals surface area contributed by atoms with Crippen molar-refractivity contribution in [2.45, 2.75) is 44.7 Å². The van der Waals surface area contributed by atoms with Crippen LogP contribution in [-0.2, 0) is 19.5 Å². The summed E-state index contributed by atoms with van der Waals surface area (Å²) in [5.41, 5.74) is 1.57. The maximum Gasteiger partial charge on any atom is 0.274 e. The Hall–Kier alpha value is -2.18. The van der Waals surface area contributed by atoms with Gasteiger partial charge in [0.1, 0.15) is 11.5 Å². The molecule has 1 amide bonds. The van der Waals surface area contributed by atoms with Crippen molar-refractivity contribution in [1.29, 1.82) is 0 Å². The van der Waals surface area contributed by atoms with E-state index >= 15 is 0 Å². The number of fused-ring (bicyclic) bond motifs is 1. The molecule has 1 saturated carbocycles. The molecule has 1 aliphatic carbocycles. The van der Waals surface area contributed by atoms with Gasteiger partial charge < -0.3 is 9.47 Å². The second-order valence-electron chi connectivity index (χ2n) is 5.93. The van der Waals surface area contributed by atoms with E-state index in [1.165, 1.54) is 12.8 Å². The number of aromatic amines is 1. The zero-order valence-corrected chi connectivity index (χ0v) is 12.0. The Morgan fingerprint density at radius 2 is 2.33 bits per heavy atom. The van der Waals surface area contributed by atoms with Crippen LogP contribution in [0.3, 0.4) is 0 Å². The number of rotatable bonds is 4. The molecule has 4 rings (SSSR count). The highest BCUT2D eigenvalue weighted by molar-refractivity contribution is 5.92.